The molecule has 2 rings (SSSR count). The molecule has 0 saturated heterocycles. The number of hydrogen-bond acceptors (Lipinski definition) is 5. The number of sulfonamides is 1. The molecule has 8 heteroatoms. The van der Waals surface area contributed by atoms with Crippen molar-refractivity contribution in [2.75, 3.05) is 6.54 Å². The molecule has 0 radical (unpaired) electrons. The zero-order chi connectivity index (χ0) is 15.5. The Morgan fingerprint density at radius 1 is 1.19 bits per heavy atom. The summed E-state index contributed by atoms with van der Waals surface area (Å²) in [5, 5.41) is 3.19. The molecule has 4 nitrogen and oxygen atoms in total. The van der Waals surface area contributed by atoms with Gasteiger partial charge in [-0.1, -0.05) is 6.92 Å². The maximum Gasteiger partial charge on any atom is 0.242 e. The Hall–Kier alpha value is -0.250. The van der Waals surface area contributed by atoms with Gasteiger partial charge in [-0.15, -0.1) is 22.7 Å². The maximum atomic E-state index is 12.4. The Balaban J connectivity index is 2.09. The summed E-state index contributed by atoms with van der Waals surface area (Å²) in [6.45, 7) is 5.88. The van der Waals surface area contributed by atoms with E-state index < -0.39 is 10.0 Å². The topological polar surface area (TPSA) is 58.2 Å². The van der Waals surface area contributed by atoms with Gasteiger partial charge in [0.1, 0.15) is 4.90 Å². The molecule has 2 N–H and O–H groups in total. The third-order valence-electron chi connectivity index (χ3n) is 2.78. The molecule has 2 heterocycles. The first kappa shape index (κ1) is 17.1. The van der Waals surface area contributed by atoms with E-state index in [1.54, 1.807) is 17.4 Å². The number of halogens is 1. The van der Waals surface area contributed by atoms with Crippen molar-refractivity contribution in [3.8, 4) is 0 Å². The average molecular weight is 409 g/mol. The lowest BCUT2D eigenvalue weighted by Crippen LogP contribution is -2.22. The van der Waals surface area contributed by atoms with Gasteiger partial charge in [0, 0.05) is 27.7 Å². The molecular weight excluding hydrogens is 392 g/mol. The van der Waals surface area contributed by atoms with E-state index in [2.05, 4.69) is 26.0 Å². The van der Waals surface area contributed by atoms with Crippen molar-refractivity contribution in [2.45, 2.75) is 31.8 Å². The van der Waals surface area contributed by atoms with Gasteiger partial charge in [-0.2, -0.15) is 0 Å². The van der Waals surface area contributed by atoms with Crippen molar-refractivity contribution in [3.63, 3.8) is 0 Å². The van der Waals surface area contributed by atoms with Crippen LogP contribution in [0.2, 0.25) is 0 Å². The summed E-state index contributed by atoms with van der Waals surface area (Å²) in [5.41, 5.74) is 0. The van der Waals surface area contributed by atoms with E-state index in [1.807, 2.05) is 26.0 Å². The predicted octanol–water partition coefficient (Wildman–Crippen LogP) is 3.47. The second-order valence-corrected chi connectivity index (χ2v) is 10.0. The van der Waals surface area contributed by atoms with E-state index in [1.165, 1.54) is 16.2 Å². The quantitative estimate of drug-likeness (QED) is 0.736. The fraction of sp³-hybridized carbons (Fsp3) is 0.385. The molecule has 0 unspecified atom stereocenters. The number of nitrogens with one attached hydrogen (secondary N) is 2. The number of hydrogen-bond donors (Lipinski definition) is 2. The highest BCUT2D eigenvalue weighted by Gasteiger charge is 2.20. The number of thiophene rings is 2. The highest BCUT2D eigenvalue weighted by Crippen LogP contribution is 2.31. The Bertz CT molecular complexity index is 707. The molecule has 0 fully saturated rings. The van der Waals surface area contributed by atoms with Gasteiger partial charge in [-0.25, -0.2) is 13.1 Å². The van der Waals surface area contributed by atoms with Crippen molar-refractivity contribution in [3.05, 3.63) is 36.6 Å². The SMILES string of the molecule is CCNCc1cc(S(=O)(=O)NCc2ccc(C)s2)c(Br)s1. The Morgan fingerprint density at radius 2 is 1.95 bits per heavy atom. The molecular formula is C13H17BrN2O2S3. The van der Waals surface area contributed by atoms with Crippen LogP contribution in [0.25, 0.3) is 0 Å². The van der Waals surface area contributed by atoms with Crippen LogP contribution in [0.4, 0.5) is 0 Å². The van der Waals surface area contributed by atoms with E-state index in [0.717, 1.165) is 16.3 Å². The van der Waals surface area contributed by atoms with Crippen molar-refractivity contribution in [1.29, 1.82) is 0 Å². The van der Waals surface area contributed by atoms with E-state index >= 15 is 0 Å². The van der Waals surface area contributed by atoms with Crippen LogP contribution in [0.3, 0.4) is 0 Å². The van der Waals surface area contributed by atoms with Gasteiger partial charge in [0.2, 0.25) is 10.0 Å². The first-order valence-corrected chi connectivity index (χ1v) is 10.4. The lowest BCUT2D eigenvalue weighted by molar-refractivity contribution is 0.581. The molecule has 0 amide bonds. The molecule has 0 atom stereocenters. The fourth-order valence-electron chi connectivity index (χ4n) is 1.74. The highest BCUT2D eigenvalue weighted by atomic mass is 79.9. The van der Waals surface area contributed by atoms with Crippen LogP contribution in [0.5, 0.6) is 0 Å². The Labute approximate surface area is 141 Å². The molecule has 116 valence electrons. The molecule has 0 aliphatic rings. The Morgan fingerprint density at radius 3 is 2.57 bits per heavy atom. The van der Waals surface area contributed by atoms with E-state index in [9.17, 15) is 8.42 Å². The zero-order valence-corrected chi connectivity index (χ0v) is 15.8. The van der Waals surface area contributed by atoms with Gasteiger partial charge in [0.15, 0.2) is 0 Å². The van der Waals surface area contributed by atoms with Gasteiger partial charge in [0.05, 0.1) is 3.79 Å². The van der Waals surface area contributed by atoms with Crippen LogP contribution in [0.15, 0.2) is 26.9 Å². The predicted molar refractivity (Wildman–Crippen MR) is 92.5 cm³/mol. The molecule has 0 aliphatic heterocycles. The van der Waals surface area contributed by atoms with Gasteiger partial charge in [-0.3, -0.25) is 0 Å². The van der Waals surface area contributed by atoms with Gasteiger partial charge >= 0.3 is 0 Å². The molecule has 0 aromatic carbocycles. The molecule has 0 spiro atoms. The molecule has 0 bridgehead atoms. The van der Waals surface area contributed by atoms with Crippen LogP contribution < -0.4 is 10.0 Å². The van der Waals surface area contributed by atoms with Crippen LogP contribution in [0, 0.1) is 6.92 Å². The normalized spacial score (nSPS) is 12.0. The first-order valence-electron chi connectivity index (χ1n) is 6.46. The third-order valence-corrected chi connectivity index (χ3v) is 7.43. The third kappa shape index (κ3) is 4.61. The summed E-state index contributed by atoms with van der Waals surface area (Å²) in [4.78, 5) is 3.49. The zero-order valence-electron chi connectivity index (χ0n) is 11.8. The highest BCUT2D eigenvalue weighted by molar-refractivity contribution is 9.11. The minimum Gasteiger partial charge on any atom is -0.312 e. The lowest BCUT2D eigenvalue weighted by atomic mass is 10.4. The minimum absolute atomic E-state index is 0.314. The molecule has 2 aromatic heterocycles. The van der Waals surface area contributed by atoms with Crippen molar-refractivity contribution in [2.24, 2.45) is 0 Å². The first-order chi connectivity index (χ1) is 9.92. The summed E-state index contributed by atoms with van der Waals surface area (Å²) in [6, 6.07) is 5.66. The Kier molecular flexibility index (Phi) is 5.98. The van der Waals surface area contributed by atoms with Gasteiger partial charge < -0.3 is 5.32 Å². The van der Waals surface area contributed by atoms with Crippen LogP contribution in [-0.2, 0) is 23.1 Å². The largest absolute Gasteiger partial charge is 0.312 e. The fourth-order valence-corrected chi connectivity index (χ4v) is 6.32. The van der Waals surface area contributed by atoms with Crippen molar-refractivity contribution >= 4 is 48.6 Å². The lowest BCUT2D eigenvalue weighted by Gasteiger charge is -2.04. The van der Waals surface area contributed by atoms with E-state index in [0.29, 0.717) is 21.8 Å². The minimum atomic E-state index is -3.49. The number of aryl methyl sites for hydroxylation is 1. The molecule has 2 aromatic rings. The summed E-state index contributed by atoms with van der Waals surface area (Å²) in [6.07, 6.45) is 0. The molecule has 0 saturated carbocycles. The summed E-state index contributed by atoms with van der Waals surface area (Å²) in [7, 11) is -3.49. The maximum absolute atomic E-state index is 12.4. The second kappa shape index (κ2) is 7.34. The summed E-state index contributed by atoms with van der Waals surface area (Å²) >= 11 is 6.39. The molecule has 0 aliphatic carbocycles. The molecule has 21 heavy (non-hydrogen) atoms. The van der Waals surface area contributed by atoms with Gasteiger partial charge in [-0.05, 0) is 47.6 Å². The number of rotatable bonds is 7. The monoisotopic (exact) mass is 408 g/mol. The second-order valence-electron chi connectivity index (χ2n) is 4.47. The standard InChI is InChI=1S/C13H17BrN2O2S3/c1-3-15-7-11-6-12(13(14)20-11)21(17,18)16-8-10-5-4-9(2)19-10/h4-6,15-16H,3,7-8H2,1-2H3. The average Bonchev–Trinajstić information content (AvgIpc) is 3.00. The van der Waals surface area contributed by atoms with Crippen LogP contribution in [0.1, 0.15) is 21.6 Å². The van der Waals surface area contributed by atoms with Crippen molar-refractivity contribution < 1.29 is 8.42 Å². The van der Waals surface area contributed by atoms with Crippen molar-refractivity contribution in [1.82, 2.24) is 10.0 Å². The summed E-state index contributed by atoms with van der Waals surface area (Å²) < 4.78 is 28.0. The smallest absolute Gasteiger partial charge is 0.242 e. The van der Waals surface area contributed by atoms with Crippen LogP contribution >= 0.6 is 38.6 Å². The van der Waals surface area contributed by atoms with Crippen LogP contribution in [-0.4, -0.2) is 15.0 Å². The van der Waals surface area contributed by atoms with E-state index in [-0.39, 0.29) is 0 Å². The van der Waals surface area contributed by atoms with Gasteiger partial charge in [0.25, 0.3) is 0 Å². The van der Waals surface area contributed by atoms with E-state index in [4.69, 9.17) is 0 Å². The summed E-state index contributed by atoms with van der Waals surface area (Å²) in [5.74, 6) is 0.